The first-order valence-electron chi connectivity index (χ1n) is 7.82. The summed E-state index contributed by atoms with van der Waals surface area (Å²) >= 11 is 0. The van der Waals surface area contributed by atoms with Gasteiger partial charge in [0.2, 0.25) is 5.88 Å². The topological polar surface area (TPSA) is 133 Å². The van der Waals surface area contributed by atoms with Crippen molar-refractivity contribution < 1.29 is 14.6 Å². The molecular weight excluding hydrogens is 338 g/mol. The van der Waals surface area contributed by atoms with E-state index >= 15 is 0 Å². The first kappa shape index (κ1) is 17.2. The lowest BCUT2D eigenvalue weighted by Crippen LogP contribution is -2.27. The highest BCUT2D eigenvalue weighted by atomic mass is 16.5. The SMILES string of the molecule is COc1ccc(-c2cc(C(=O)NCCc3nc(O)cc(=O)[nH]3)[nH]n2)cc1. The molecule has 0 fully saturated rings. The number of rotatable bonds is 6. The van der Waals surface area contributed by atoms with Crippen molar-refractivity contribution in [1.29, 1.82) is 0 Å². The van der Waals surface area contributed by atoms with Crippen LogP contribution in [0.25, 0.3) is 11.3 Å². The van der Waals surface area contributed by atoms with Gasteiger partial charge in [0.1, 0.15) is 17.3 Å². The van der Waals surface area contributed by atoms with Crippen LogP contribution in [-0.4, -0.2) is 44.8 Å². The number of aromatic amines is 2. The Labute approximate surface area is 148 Å². The highest BCUT2D eigenvalue weighted by molar-refractivity contribution is 5.93. The molecule has 0 spiro atoms. The van der Waals surface area contributed by atoms with E-state index in [1.165, 1.54) is 0 Å². The average molecular weight is 355 g/mol. The first-order valence-corrected chi connectivity index (χ1v) is 7.82. The summed E-state index contributed by atoms with van der Waals surface area (Å²) in [4.78, 5) is 29.7. The van der Waals surface area contributed by atoms with E-state index in [-0.39, 0.29) is 24.8 Å². The van der Waals surface area contributed by atoms with E-state index in [4.69, 9.17) is 4.74 Å². The van der Waals surface area contributed by atoms with Gasteiger partial charge >= 0.3 is 0 Å². The minimum absolute atomic E-state index is 0.238. The number of ether oxygens (including phenoxy) is 1. The van der Waals surface area contributed by atoms with Gasteiger partial charge in [-0.3, -0.25) is 14.7 Å². The van der Waals surface area contributed by atoms with E-state index < -0.39 is 5.56 Å². The summed E-state index contributed by atoms with van der Waals surface area (Å²) in [6.45, 7) is 0.238. The number of aromatic nitrogens is 4. The van der Waals surface area contributed by atoms with Crippen molar-refractivity contribution in [3.8, 4) is 22.9 Å². The Kier molecular flexibility index (Phi) is 4.97. The van der Waals surface area contributed by atoms with Crippen LogP contribution in [0.1, 0.15) is 16.3 Å². The van der Waals surface area contributed by atoms with E-state index in [1.807, 2.05) is 24.3 Å². The molecule has 134 valence electrons. The average Bonchev–Trinajstić information content (AvgIpc) is 3.11. The van der Waals surface area contributed by atoms with Crippen LogP contribution in [0, 0.1) is 0 Å². The number of carbonyl (C=O) groups is 1. The van der Waals surface area contributed by atoms with Gasteiger partial charge in [0, 0.05) is 18.5 Å². The molecule has 0 saturated heterocycles. The fourth-order valence-electron chi connectivity index (χ4n) is 2.35. The highest BCUT2D eigenvalue weighted by Crippen LogP contribution is 2.21. The van der Waals surface area contributed by atoms with E-state index in [0.29, 0.717) is 17.2 Å². The Morgan fingerprint density at radius 2 is 2.04 bits per heavy atom. The van der Waals surface area contributed by atoms with Gasteiger partial charge in [0.05, 0.1) is 18.9 Å². The molecule has 2 aromatic heterocycles. The van der Waals surface area contributed by atoms with Gasteiger partial charge in [-0.15, -0.1) is 0 Å². The molecule has 0 aliphatic carbocycles. The van der Waals surface area contributed by atoms with E-state index in [2.05, 4.69) is 25.5 Å². The number of aromatic hydroxyl groups is 1. The lowest BCUT2D eigenvalue weighted by Gasteiger charge is -2.03. The Hall–Kier alpha value is -3.62. The predicted molar refractivity (Wildman–Crippen MR) is 93.1 cm³/mol. The van der Waals surface area contributed by atoms with Crippen LogP contribution in [0.2, 0.25) is 0 Å². The van der Waals surface area contributed by atoms with Gasteiger partial charge in [-0.1, -0.05) is 0 Å². The first-order chi connectivity index (χ1) is 12.5. The van der Waals surface area contributed by atoms with Crippen LogP contribution in [0.15, 0.2) is 41.2 Å². The molecule has 26 heavy (non-hydrogen) atoms. The fourth-order valence-corrected chi connectivity index (χ4v) is 2.35. The Bertz CT molecular complexity index is 962. The number of H-pyrrole nitrogens is 2. The van der Waals surface area contributed by atoms with Crippen LogP contribution < -0.4 is 15.6 Å². The van der Waals surface area contributed by atoms with Crippen LogP contribution in [0.4, 0.5) is 0 Å². The molecule has 3 rings (SSSR count). The van der Waals surface area contributed by atoms with Crippen LogP contribution >= 0.6 is 0 Å². The summed E-state index contributed by atoms with van der Waals surface area (Å²) < 4.78 is 5.11. The van der Waals surface area contributed by atoms with Crippen molar-refractivity contribution in [1.82, 2.24) is 25.5 Å². The molecule has 0 saturated carbocycles. The third-order valence-electron chi connectivity index (χ3n) is 3.63. The third-order valence-corrected chi connectivity index (χ3v) is 3.63. The molecule has 9 heteroatoms. The molecule has 9 nitrogen and oxygen atoms in total. The molecule has 4 N–H and O–H groups in total. The minimum Gasteiger partial charge on any atom is -0.497 e. The van der Waals surface area contributed by atoms with Gasteiger partial charge < -0.3 is 20.1 Å². The number of nitrogens with zero attached hydrogens (tertiary/aromatic N) is 2. The zero-order valence-electron chi connectivity index (χ0n) is 13.9. The smallest absolute Gasteiger partial charge is 0.269 e. The van der Waals surface area contributed by atoms with Crippen LogP contribution in [0.3, 0.4) is 0 Å². The lowest BCUT2D eigenvalue weighted by molar-refractivity contribution is 0.0949. The number of hydrogen-bond donors (Lipinski definition) is 4. The zero-order valence-corrected chi connectivity index (χ0v) is 13.9. The van der Waals surface area contributed by atoms with Crippen molar-refractivity contribution in [3.05, 3.63) is 58.3 Å². The maximum atomic E-state index is 12.2. The second-order valence-electron chi connectivity index (χ2n) is 5.45. The third kappa shape index (κ3) is 4.07. The standard InChI is InChI=1S/C17H17N5O4/c1-26-11-4-2-10(3-5-11)12-8-13(22-21-12)17(25)18-7-6-14-19-15(23)9-16(24)20-14/h2-5,8-9H,6-7H2,1H3,(H,18,25)(H,21,22)(H2,19,20,23,24). The number of methoxy groups -OCH3 is 1. The lowest BCUT2D eigenvalue weighted by atomic mass is 10.1. The summed E-state index contributed by atoms with van der Waals surface area (Å²) in [5.41, 5.74) is 1.35. The van der Waals surface area contributed by atoms with Crippen molar-refractivity contribution >= 4 is 5.91 Å². The molecule has 0 unspecified atom stereocenters. The molecule has 1 amide bonds. The molecular formula is C17H17N5O4. The second-order valence-corrected chi connectivity index (χ2v) is 5.45. The molecule has 0 bridgehead atoms. The van der Waals surface area contributed by atoms with Crippen LogP contribution in [-0.2, 0) is 6.42 Å². The van der Waals surface area contributed by atoms with Gasteiger partial charge in [-0.05, 0) is 30.3 Å². The quantitative estimate of drug-likeness (QED) is 0.518. The number of carbonyl (C=O) groups excluding carboxylic acids is 1. The largest absolute Gasteiger partial charge is 0.497 e. The number of benzene rings is 1. The molecule has 0 atom stereocenters. The molecule has 3 aromatic rings. The van der Waals surface area contributed by atoms with E-state index in [9.17, 15) is 14.7 Å². The monoisotopic (exact) mass is 355 g/mol. The van der Waals surface area contributed by atoms with Crippen molar-refractivity contribution in [2.45, 2.75) is 6.42 Å². The molecule has 0 aliphatic heterocycles. The molecule has 0 radical (unpaired) electrons. The fraction of sp³-hybridized carbons (Fsp3) is 0.176. The van der Waals surface area contributed by atoms with Gasteiger partial charge in [-0.2, -0.15) is 5.10 Å². The highest BCUT2D eigenvalue weighted by Gasteiger charge is 2.11. The second kappa shape index (κ2) is 7.51. The van der Waals surface area contributed by atoms with Crippen LogP contribution in [0.5, 0.6) is 11.6 Å². The van der Waals surface area contributed by atoms with Gasteiger partial charge in [0.15, 0.2) is 0 Å². The maximum absolute atomic E-state index is 12.2. The summed E-state index contributed by atoms with van der Waals surface area (Å²) in [6.07, 6.45) is 0.273. The predicted octanol–water partition coefficient (Wildman–Crippen LogP) is 0.847. The maximum Gasteiger partial charge on any atom is 0.269 e. The number of amides is 1. The normalized spacial score (nSPS) is 10.5. The number of hydrogen-bond acceptors (Lipinski definition) is 6. The summed E-state index contributed by atoms with van der Waals surface area (Å²) in [7, 11) is 1.59. The zero-order chi connectivity index (χ0) is 18.5. The van der Waals surface area contributed by atoms with Crippen molar-refractivity contribution in [3.63, 3.8) is 0 Å². The summed E-state index contributed by atoms with van der Waals surface area (Å²) in [5, 5.41) is 18.8. The molecule has 0 aliphatic rings. The Balaban J connectivity index is 1.60. The van der Waals surface area contributed by atoms with E-state index in [0.717, 1.165) is 17.4 Å². The summed E-state index contributed by atoms with van der Waals surface area (Å²) in [6, 6.07) is 9.94. The minimum atomic E-state index is -0.448. The summed E-state index contributed by atoms with van der Waals surface area (Å²) in [5.74, 6) is 0.340. The van der Waals surface area contributed by atoms with Gasteiger partial charge in [0.25, 0.3) is 11.5 Å². The van der Waals surface area contributed by atoms with Gasteiger partial charge in [-0.25, -0.2) is 4.98 Å². The van der Waals surface area contributed by atoms with Crippen molar-refractivity contribution in [2.75, 3.05) is 13.7 Å². The van der Waals surface area contributed by atoms with Crippen molar-refractivity contribution in [2.24, 2.45) is 0 Å². The molecule has 2 heterocycles. The Morgan fingerprint density at radius 1 is 1.27 bits per heavy atom. The van der Waals surface area contributed by atoms with E-state index in [1.54, 1.807) is 13.2 Å². The number of nitrogens with one attached hydrogen (secondary N) is 3. The Morgan fingerprint density at radius 3 is 2.73 bits per heavy atom. The molecule has 1 aromatic carbocycles.